The van der Waals surface area contributed by atoms with Gasteiger partial charge >= 0.3 is 11.9 Å². The highest BCUT2D eigenvalue weighted by molar-refractivity contribution is 6.02. The standard InChI is InChI=1S/C10H11NO4/c11-5-4-6-2-1-3-7(9(12)13)8(6)10(14)15/h1-3H,4-5,11H2,(H,12,13)(H,14,15). The maximum atomic E-state index is 10.9. The number of nitrogens with two attached hydrogens (primary N) is 1. The lowest BCUT2D eigenvalue weighted by Crippen LogP contribution is -2.14. The van der Waals surface area contributed by atoms with E-state index in [1.54, 1.807) is 6.07 Å². The smallest absolute Gasteiger partial charge is 0.336 e. The minimum Gasteiger partial charge on any atom is -0.478 e. The van der Waals surface area contributed by atoms with Crippen LogP contribution in [0.5, 0.6) is 0 Å². The molecule has 0 aliphatic carbocycles. The molecular formula is C10H11NO4. The summed E-state index contributed by atoms with van der Waals surface area (Å²) < 4.78 is 0. The first-order chi connectivity index (χ1) is 7.07. The number of benzene rings is 1. The molecule has 5 heteroatoms. The topological polar surface area (TPSA) is 101 Å². The van der Waals surface area contributed by atoms with Crippen LogP contribution in [0.25, 0.3) is 0 Å². The summed E-state index contributed by atoms with van der Waals surface area (Å²) in [6.07, 6.45) is 0.350. The molecule has 0 unspecified atom stereocenters. The lowest BCUT2D eigenvalue weighted by atomic mass is 9.99. The zero-order valence-corrected chi connectivity index (χ0v) is 7.93. The van der Waals surface area contributed by atoms with Gasteiger partial charge in [0.1, 0.15) is 0 Å². The van der Waals surface area contributed by atoms with Crippen molar-refractivity contribution >= 4 is 11.9 Å². The van der Waals surface area contributed by atoms with Crippen LogP contribution in [0.15, 0.2) is 18.2 Å². The predicted molar refractivity (Wildman–Crippen MR) is 53.1 cm³/mol. The molecule has 0 aliphatic heterocycles. The minimum absolute atomic E-state index is 0.171. The Morgan fingerprint density at radius 1 is 1.20 bits per heavy atom. The summed E-state index contributed by atoms with van der Waals surface area (Å²) in [5, 5.41) is 17.7. The first-order valence-electron chi connectivity index (χ1n) is 4.36. The second kappa shape index (κ2) is 4.56. The number of rotatable bonds is 4. The van der Waals surface area contributed by atoms with Crippen LogP contribution >= 0.6 is 0 Å². The summed E-state index contributed by atoms with van der Waals surface area (Å²) in [5.74, 6) is -2.48. The third-order valence-corrected chi connectivity index (χ3v) is 2.01. The SMILES string of the molecule is NCCc1cccc(C(=O)O)c1C(=O)O. The van der Waals surface area contributed by atoms with Gasteiger partial charge in [-0.25, -0.2) is 9.59 Å². The van der Waals surface area contributed by atoms with Crippen LogP contribution in [-0.4, -0.2) is 28.7 Å². The highest BCUT2D eigenvalue weighted by Crippen LogP contribution is 2.15. The molecule has 0 amide bonds. The average molecular weight is 209 g/mol. The Labute approximate surface area is 86.1 Å². The van der Waals surface area contributed by atoms with Crippen molar-refractivity contribution < 1.29 is 19.8 Å². The summed E-state index contributed by atoms with van der Waals surface area (Å²) >= 11 is 0. The molecule has 1 aromatic carbocycles. The van der Waals surface area contributed by atoms with Crippen LogP contribution in [-0.2, 0) is 6.42 Å². The van der Waals surface area contributed by atoms with Crippen molar-refractivity contribution in [1.82, 2.24) is 0 Å². The van der Waals surface area contributed by atoms with Gasteiger partial charge in [-0.1, -0.05) is 12.1 Å². The largest absolute Gasteiger partial charge is 0.478 e. The third kappa shape index (κ3) is 2.32. The van der Waals surface area contributed by atoms with Crippen molar-refractivity contribution in [2.75, 3.05) is 6.54 Å². The van der Waals surface area contributed by atoms with Gasteiger partial charge in [-0.3, -0.25) is 0 Å². The van der Waals surface area contributed by atoms with Gasteiger partial charge < -0.3 is 15.9 Å². The van der Waals surface area contributed by atoms with E-state index in [1.807, 2.05) is 0 Å². The molecule has 1 rings (SSSR count). The number of carbonyl (C=O) groups is 2. The van der Waals surface area contributed by atoms with E-state index in [9.17, 15) is 9.59 Å². The zero-order chi connectivity index (χ0) is 11.4. The molecule has 0 spiro atoms. The first kappa shape index (κ1) is 11.2. The Morgan fingerprint density at radius 2 is 1.87 bits per heavy atom. The van der Waals surface area contributed by atoms with Crippen molar-refractivity contribution in [2.24, 2.45) is 5.73 Å². The number of aromatic carboxylic acids is 2. The van der Waals surface area contributed by atoms with Gasteiger partial charge in [0.25, 0.3) is 0 Å². The Kier molecular flexibility index (Phi) is 3.41. The molecule has 0 saturated carbocycles. The van der Waals surface area contributed by atoms with Crippen molar-refractivity contribution in [2.45, 2.75) is 6.42 Å². The van der Waals surface area contributed by atoms with Crippen molar-refractivity contribution in [1.29, 1.82) is 0 Å². The fraction of sp³-hybridized carbons (Fsp3) is 0.200. The van der Waals surface area contributed by atoms with Gasteiger partial charge in [0.05, 0.1) is 11.1 Å². The summed E-state index contributed by atoms with van der Waals surface area (Å²) in [4.78, 5) is 21.7. The second-order valence-corrected chi connectivity index (χ2v) is 2.99. The lowest BCUT2D eigenvalue weighted by molar-refractivity contribution is 0.0650. The lowest BCUT2D eigenvalue weighted by Gasteiger charge is -2.07. The fourth-order valence-electron chi connectivity index (χ4n) is 1.39. The summed E-state index contributed by atoms with van der Waals surface area (Å²) in [6.45, 7) is 0.281. The van der Waals surface area contributed by atoms with E-state index in [1.165, 1.54) is 12.1 Å². The summed E-state index contributed by atoms with van der Waals surface area (Å²) in [7, 11) is 0. The molecule has 5 nitrogen and oxygen atoms in total. The van der Waals surface area contributed by atoms with E-state index < -0.39 is 11.9 Å². The predicted octanol–water partition coefficient (Wildman–Crippen LogP) is 0.584. The first-order valence-corrected chi connectivity index (χ1v) is 4.36. The molecule has 1 aromatic rings. The van der Waals surface area contributed by atoms with Gasteiger partial charge in [-0.05, 0) is 24.6 Å². The van der Waals surface area contributed by atoms with Crippen LogP contribution in [0.3, 0.4) is 0 Å². The molecule has 0 aromatic heterocycles. The molecule has 0 saturated heterocycles. The van der Waals surface area contributed by atoms with Crippen molar-refractivity contribution in [3.05, 3.63) is 34.9 Å². The van der Waals surface area contributed by atoms with E-state index in [0.717, 1.165) is 0 Å². The third-order valence-electron chi connectivity index (χ3n) is 2.01. The number of hydrogen-bond acceptors (Lipinski definition) is 3. The molecule has 0 bridgehead atoms. The van der Waals surface area contributed by atoms with Crippen LogP contribution in [0.4, 0.5) is 0 Å². The molecule has 0 aliphatic rings. The Balaban J connectivity index is 3.34. The zero-order valence-electron chi connectivity index (χ0n) is 7.93. The van der Waals surface area contributed by atoms with Crippen LogP contribution < -0.4 is 5.73 Å². The minimum atomic E-state index is -1.24. The second-order valence-electron chi connectivity index (χ2n) is 2.99. The number of carboxylic acids is 2. The van der Waals surface area contributed by atoms with Gasteiger partial charge in [-0.15, -0.1) is 0 Å². The van der Waals surface area contributed by atoms with E-state index >= 15 is 0 Å². The van der Waals surface area contributed by atoms with E-state index in [-0.39, 0.29) is 17.7 Å². The molecule has 15 heavy (non-hydrogen) atoms. The maximum absolute atomic E-state index is 10.9. The Bertz CT molecular complexity index is 400. The van der Waals surface area contributed by atoms with Gasteiger partial charge in [-0.2, -0.15) is 0 Å². The molecule has 0 fully saturated rings. The summed E-state index contributed by atoms with van der Waals surface area (Å²) in [5.41, 5.74) is 5.39. The molecule has 0 heterocycles. The highest BCUT2D eigenvalue weighted by atomic mass is 16.4. The van der Waals surface area contributed by atoms with E-state index in [0.29, 0.717) is 12.0 Å². The van der Waals surface area contributed by atoms with Crippen LogP contribution in [0.2, 0.25) is 0 Å². The van der Waals surface area contributed by atoms with Crippen molar-refractivity contribution in [3.8, 4) is 0 Å². The normalized spacial score (nSPS) is 9.93. The fourth-order valence-corrected chi connectivity index (χ4v) is 1.39. The van der Waals surface area contributed by atoms with Gasteiger partial charge in [0, 0.05) is 0 Å². The molecule has 4 N–H and O–H groups in total. The number of hydrogen-bond donors (Lipinski definition) is 3. The van der Waals surface area contributed by atoms with E-state index in [2.05, 4.69) is 0 Å². The quantitative estimate of drug-likeness (QED) is 0.673. The maximum Gasteiger partial charge on any atom is 0.336 e. The van der Waals surface area contributed by atoms with Gasteiger partial charge in [0.2, 0.25) is 0 Å². The molecular weight excluding hydrogens is 198 g/mol. The Hall–Kier alpha value is -1.88. The monoisotopic (exact) mass is 209 g/mol. The van der Waals surface area contributed by atoms with Crippen molar-refractivity contribution in [3.63, 3.8) is 0 Å². The van der Waals surface area contributed by atoms with Crippen LogP contribution in [0, 0.1) is 0 Å². The molecule has 0 radical (unpaired) electrons. The molecule has 80 valence electrons. The average Bonchev–Trinajstić information content (AvgIpc) is 2.17. The van der Waals surface area contributed by atoms with Crippen LogP contribution in [0.1, 0.15) is 26.3 Å². The Morgan fingerprint density at radius 3 is 2.33 bits per heavy atom. The summed E-state index contributed by atoms with van der Waals surface area (Å²) in [6, 6.07) is 4.36. The molecule has 0 atom stereocenters. The van der Waals surface area contributed by atoms with Gasteiger partial charge in [0.15, 0.2) is 0 Å². The highest BCUT2D eigenvalue weighted by Gasteiger charge is 2.18. The number of carboxylic acid groups (broad SMARTS) is 2. The van der Waals surface area contributed by atoms with E-state index in [4.69, 9.17) is 15.9 Å².